The number of nitrogen functional groups attached to an aromatic ring is 1. The van der Waals surface area contributed by atoms with Crippen molar-refractivity contribution in [3.8, 4) is 0 Å². The molecule has 0 unspecified atom stereocenters. The number of aliphatic carboxylic acids is 1. The second kappa shape index (κ2) is 14.6. The second-order valence-corrected chi connectivity index (χ2v) is 8.47. The van der Waals surface area contributed by atoms with E-state index in [4.69, 9.17) is 15.6 Å². The Morgan fingerprint density at radius 2 is 1.44 bits per heavy atom. The summed E-state index contributed by atoms with van der Waals surface area (Å²) < 4.78 is 71.7. The van der Waals surface area contributed by atoms with Crippen LogP contribution in [0.3, 0.4) is 0 Å². The van der Waals surface area contributed by atoms with Gasteiger partial charge in [0.25, 0.3) is 0 Å². The molecule has 3 rings (SSSR count). The average Bonchev–Trinajstić information content (AvgIpc) is 2.91. The number of aliphatic hydroxyl groups is 1. The molecule has 0 saturated heterocycles. The summed E-state index contributed by atoms with van der Waals surface area (Å²) in [5, 5.41) is 22.5. The summed E-state index contributed by atoms with van der Waals surface area (Å²) in [4.78, 5) is 38.2. The molecule has 0 bridgehead atoms. The Kier molecular flexibility index (Phi) is 11.6. The summed E-state index contributed by atoms with van der Waals surface area (Å²) in [6.07, 6.45) is -5.39. The zero-order valence-electron chi connectivity index (χ0n) is 21.0. The van der Waals surface area contributed by atoms with Crippen LogP contribution in [0.15, 0.2) is 60.8 Å². The fourth-order valence-corrected chi connectivity index (χ4v) is 3.17. The van der Waals surface area contributed by atoms with Crippen molar-refractivity contribution in [2.45, 2.75) is 37.7 Å². The van der Waals surface area contributed by atoms with Crippen molar-refractivity contribution in [2.75, 3.05) is 5.73 Å². The van der Waals surface area contributed by atoms with Gasteiger partial charge in [-0.2, -0.15) is 13.2 Å². The van der Waals surface area contributed by atoms with Crippen molar-refractivity contribution in [1.29, 1.82) is 0 Å². The molecule has 0 fully saturated rings. The molecule has 2 atom stereocenters. The number of nitrogens with zero attached hydrogens (tertiary/aromatic N) is 1. The van der Waals surface area contributed by atoms with E-state index < -0.39 is 53.6 Å². The molecule has 2 amide bonds. The molecule has 6 N–H and O–H groups in total. The monoisotopic (exact) mass is 586 g/mol. The van der Waals surface area contributed by atoms with Gasteiger partial charge >= 0.3 is 12.1 Å². The lowest BCUT2D eigenvalue weighted by molar-refractivity contribution is -0.192. The number of amides is 2. The normalized spacial score (nSPS) is 12.4. The predicted octanol–water partition coefficient (Wildman–Crippen LogP) is 2.66. The van der Waals surface area contributed by atoms with Gasteiger partial charge in [0.15, 0.2) is 11.6 Å². The highest BCUT2D eigenvalue weighted by Crippen LogP contribution is 2.14. The highest BCUT2D eigenvalue weighted by Gasteiger charge is 2.38. The smallest absolute Gasteiger partial charge is 0.475 e. The van der Waals surface area contributed by atoms with E-state index in [0.29, 0.717) is 16.9 Å². The van der Waals surface area contributed by atoms with Crippen LogP contribution in [-0.4, -0.2) is 51.3 Å². The van der Waals surface area contributed by atoms with Crippen LogP contribution in [0, 0.1) is 17.5 Å². The van der Waals surface area contributed by atoms with Crippen molar-refractivity contribution in [3.05, 3.63) is 94.9 Å². The lowest BCUT2D eigenvalue weighted by Gasteiger charge is -2.21. The van der Waals surface area contributed by atoms with Gasteiger partial charge in [0.2, 0.25) is 11.8 Å². The molecule has 15 heteroatoms. The van der Waals surface area contributed by atoms with Gasteiger partial charge in [-0.3, -0.25) is 9.59 Å². The topological polar surface area (TPSA) is 155 Å². The molecule has 0 aliphatic heterocycles. The molecular weight excluding hydrogens is 562 g/mol. The Hall–Kier alpha value is -4.66. The van der Waals surface area contributed by atoms with Crippen LogP contribution in [0.2, 0.25) is 0 Å². The van der Waals surface area contributed by atoms with Crippen molar-refractivity contribution in [3.63, 3.8) is 0 Å². The van der Waals surface area contributed by atoms with E-state index >= 15 is 0 Å². The Bertz CT molecular complexity index is 1340. The van der Waals surface area contributed by atoms with Gasteiger partial charge in [-0.15, -0.1) is 0 Å². The first-order chi connectivity index (χ1) is 19.1. The molecule has 0 aliphatic carbocycles. The third kappa shape index (κ3) is 11.2. The van der Waals surface area contributed by atoms with Gasteiger partial charge < -0.3 is 26.6 Å². The van der Waals surface area contributed by atoms with Gasteiger partial charge in [0.05, 0.1) is 0 Å². The number of halogens is 6. The highest BCUT2D eigenvalue weighted by atomic mass is 19.4. The van der Waals surface area contributed by atoms with E-state index in [2.05, 4.69) is 15.6 Å². The quantitative estimate of drug-likeness (QED) is 0.242. The molecule has 2 aromatic carbocycles. The third-order valence-corrected chi connectivity index (χ3v) is 5.26. The Morgan fingerprint density at radius 3 is 1.98 bits per heavy atom. The van der Waals surface area contributed by atoms with Crippen LogP contribution in [0.1, 0.15) is 16.7 Å². The number of benzene rings is 2. The van der Waals surface area contributed by atoms with Crippen LogP contribution in [0.4, 0.5) is 32.2 Å². The zero-order valence-corrected chi connectivity index (χ0v) is 21.0. The lowest BCUT2D eigenvalue weighted by Crippen LogP contribution is -2.51. The summed E-state index contributed by atoms with van der Waals surface area (Å²) in [5.74, 6) is -6.49. The fraction of sp³-hybridized carbons (Fsp3) is 0.231. The summed E-state index contributed by atoms with van der Waals surface area (Å²) in [6.45, 7) is 0.0778. The SMILES string of the molecule is Nc1ccc(CNC(=O)[C@H](Cc2ccc(F)c(F)c2)NC(=O)[C@H](O)Cc2ccc(F)cc2)cn1.O=C(O)C(F)(F)F. The lowest BCUT2D eigenvalue weighted by atomic mass is 10.0. The summed E-state index contributed by atoms with van der Waals surface area (Å²) >= 11 is 0. The first-order valence-electron chi connectivity index (χ1n) is 11.6. The maximum Gasteiger partial charge on any atom is 0.490 e. The van der Waals surface area contributed by atoms with E-state index in [1.165, 1.54) is 36.5 Å². The average molecular weight is 586 g/mol. The number of carbonyl (C=O) groups excluding carboxylic acids is 2. The van der Waals surface area contributed by atoms with Gasteiger partial charge in [-0.25, -0.2) is 22.9 Å². The zero-order chi connectivity index (χ0) is 30.7. The van der Waals surface area contributed by atoms with Gasteiger partial charge in [0, 0.05) is 25.6 Å². The number of carbonyl (C=O) groups is 3. The largest absolute Gasteiger partial charge is 0.490 e. The summed E-state index contributed by atoms with van der Waals surface area (Å²) in [7, 11) is 0. The molecule has 0 radical (unpaired) electrons. The molecule has 3 aromatic rings. The maximum absolute atomic E-state index is 13.6. The number of rotatable bonds is 9. The first kappa shape index (κ1) is 32.6. The van der Waals surface area contributed by atoms with Crippen molar-refractivity contribution >= 4 is 23.6 Å². The van der Waals surface area contributed by atoms with E-state index in [9.17, 15) is 41.0 Å². The van der Waals surface area contributed by atoms with Crippen LogP contribution >= 0.6 is 0 Å². The number of hydrogen-bond acceptors (Lipinski definition) is 6. The molecular formula is C26H24F6N4O5. The molecule has 1 aromatic heterocycles. The number of nitrogens with one attached hydrogen (secondary N) is 2. The number of pyridine rings is 1. The molecule has 9 nitrogen and oxygen atoms in total. The van der Waals surface area contributed by atoms with Crippen molar-refractivity contribution in [1.82, 2.24) is 15.6 Å². The number of hydrogen-bond donors (Lipinski definition) is 5. The molecule has 220 valence electrons. The Balaban J connectivity index is 0.000000745. The second-order valence-electron chi connectivity index (χ2n) is 8.47. The summed E-state index contributed by atoms with van der Waals surface area (Å²) in [5.41, 5.74) is 6.97. The third-order valence-electron chi connectivity index (χ3n) is 5.26. The van der Waals surface area contributed by atoms with Gasteiger partial charge in [-0.1, -0.05) is 24.3 Å². The Morgan fingerprint density at radius 1 is 0.854 bits per heavy atom. The number of anilines is 1. The molecule has 1 heterocycles. The molecule has 0 spiro atoms. The van der Waals surface area contributed by atoms with Gasteiger partial charge in [0.1, 0.15) is 23.8 Å². The predicted molar refractivity (Wildman–Crippen MR) is 132 cm³/mol. The number of aromatic nitrogens is 1. The Labute approximate surface area is 229 Å². The molecule has 0 saturated carbocycles. The fourth-order valence-electron chi connectivity index (χ4n) is 3.17. The van der Waals surface area contributed by atoms with E-state index in [0.717, 1.165) is 12.1 Å². The minimum absolute atomic E-state index is 0.0778. The number of nitrogens with two attached hydrogens (primary N) is 1. The number of aliphatic hydroxyl groups excluding tert-OH is 1. The van der Waals surface area contributed by atoms with Crippen LogP contribution in [0.5, 0.6) is 0 Å². The first-order valence-corrected chi connectivity index (χ1v) is 11.6. The van der Waals surface area contributed by atoms with Crippen LogP contribution in [-0.2, 0) is 33.8 Å². The van der Waals surface area contributed by atoms with Gasteiger partial charge in [-0.05, 0) is 47.0 Å². The highest BCUT2D eigenvalue weighted by molar-refractivity contribution is 5.89. The summed E-state index contributed by atoms with van der Waals surface area (Å²) in [6, 6.07) is 10.4. The number of alkyl halides is 3. The minimum atomic E-state index is -5.08. The molecule has 0 aliphatic rings. The van der Waals surface area contributed by atoms with Crippen LogP contribution < -0.4 is 16.4 Å². The number of carboxylic acid groups (broad SMARTS) is 1. The molecule has 41 heavy (non-hydrogen) atoms. The standard InChI is InChI=1S/C24H23F3N4O3.C2HF3O2/c25-17-5-1-14(2-6-17)11-21(32)24(34)31-20(10-15-3-7-18(26)19(27)9-15)23(33)30-13-16-4-8-22(28)29-12-16;3-2(4,5)1(6)7/h1-9,12,20-21,32H,10-11,13H2,(H2,28,29)(H,30,33)(H,31,34);(H,6,7)/t20-,21+;/m0./s1. The van der Waals surface area contributed by atoms with Crippen molar-refractivity contribution in [2.24, 2.45) is 0 Å². The maximum atomic E-state index is 13.6. The van der Waals surface area contributed by atoms with E-state index in [1.54, 1.807) is 12.1 Å². The van der Waals surface area contributed by atoms with E-state index in [1.807, 2.05) is 0 Å². The minimum Gasteiger partial charge on any atom is -0.475 e. The van der Waals surface area contributed by atoms with Crippen molar-refractivity contribution < 1.29 is 50.9 Å². The number of carboxylic acids is 1. The van der Waals surface area contributed by atoms with E-state index in [-0.39, 0.29) is 24.9 Å². The van der Waals surface area contributed by atoms with Crippen LogP contribution in [0.25, 0.3) is 0 Å².